The van der Waals surface area contributed by atoms with E-state index < -0.39 is 0 Å². The third-order valence-corrected chi connectivity index (χ3v) is 7.14. The first-order chi connectivity index (χ1) is 16.4. The first-order valence-corrected chi connectivity index (χ1v) is 13.4. The van der Waals surface area contributed by atoms with E-state index in [2.05, 4.69) is 51.8 Å². The molecule has 0 unspecified atom stereocenters. The molecule has 0 bridgehead atoms. The van der Waals surface area contributed by atoms with E-state index in [4.69, 9.17) is 21.7 Å². The summed E-state index contributed by atoms with van der Waals surface area (Å²) < 4.78 is 19.5. The van der Waals surface area contributed by atoms with Crippen LogP contribution in [0.3, 0.4) is 0 Å². The van der Waals surface area contributed by atoms with Crippen molar-refractivity contribution in [2.75, 3.05) is 26.4 Å². The number of hydrogen-bond acceptors (Lipinski definition) is 6. The molecule has 0 atom stereocenters. The molecule has 0 radical (unpaired) electrons. The zero-order chi connectivity index (χ0) is 26.2. The number of aromatic nitrogens is 4. The number of rotatable bonds is 16. The van der Waals surface area contributed by atoms with Crippen molar-refractivity contribution in [2.24, 2.45) is 10.8 Å². The summed E-state index contributed by atoms with van der Waals surface area (Å²) in [4.78, 5) is 12.3. The van der Waals surface area contributed by atoms with Gasteiger partial charge in [-0.05, 0) is 56.2 Å². The highest BCUT2D eigenvalue weighted by atomic mass is 32.1. The van der Waals surface area contributed by atoms with Gasteiger partial charge < -0.3 is 23.7 Å². The Labute approximate surface area is 220 Å². The van der Waals surface area contributed by atoms with E-state index in [1.54, 1.807) is 0 Å². The van der Waals surface area contributed by atoms with Gasteiger partial charge in [0.1, 0.15) is 0 Å². The van der Waals surface area contributed by atoms with Gasteiger partial charge in [-0.3, -0.25) is 9.13 Å². The predicted octanol–water partition coefficient (Wildman–Crippen LogP) is 4.97. The fourth-order valence-electron chi connectivity index (χ4n) is 3.96. The summed E-state index contributed by atoms with van der Waals surface area (Å²) in [5.41, 5.74) is -0.295. The summed E-state index contributed by atoms with van der Waals surface area (Å²) in [6.45, 7) is 17.8. The van der Waals surface area contributed by atoms with Crippen LogP contribution in [0.15, 0.2) is 22.2 Å². The van der Waals surface area contributed by atoms with Crippen LogP contribution in [0.1, 0.15) is 60.8 Å². The molecule has 200 valence electrons. The van der Waals surface area contributed by atoms with Gasteiger partial charge in [0.25, 0.3) is 0 Å². The monoisotopic (exact) mass is 528 g/mol. The lowest BCUT2D eigenvalue weighted by Gasteiger charge is -2.25. The van der Waals surface area contributed by atoms with Crippen LogP contribution in [-0.2, 0) is 35.7 Å². The van der Waals surface area contributed by atoms with Gasteiger partial charge in [-0.25, -0.2) is 4.79 Å². The lowest BCUT2D eigenvalue weighted by molar-refractivity contribution is 0.0568. The first-order valence-electron chi connectivity index (χ1n) is 12.5. The Morgan fingerprint density at radius 2 is 1.40 bits per heavy atom. The molecule has 10 heteroatoms. The number of nitrogens with zero attached hydrogens (tertiary/aromatic N) is 4. The standard InChI is InChI=1S/C25H44N4O4S2/c1-7-26-16-20(30)28(22(26)31)18-24(3,4)10-14-32-12-9-13-33-15-11-25(5,6)19-29-21(34)17-27(8-2)23(29)35/h16-17,30,34H,7-15,18-19H2,1-6H3. The lowest BCUT2D eigenvalue weighted by Crippen LogP contribution is -2.30. The number of thiol groups is 1. The molecule has 35 heavy (non-hydrogen) atoms. The van der Waals surface area contributed by atoms with E-state index in [0.717, 1.165) is 42.1 Å². The fourth-order valence-corrected chi connectivity index (χ4v) is 4.68. The molecular formula is C25H44N4O4S2. The minimum absolute atomic E-state index is 0.0137. The second kappa shape index (κ2) is 13.2. The highest BCUT2D eigenvalue weighted by Gasteiger charge is 2.23. The number of aromatic hydroxyl groups is 1. The molecule has 0 aliphatic rings. The van der Waals surface area contributed by atoms with E-state index in [-0.39, 0.29) is 22.4 Å². The molecule has 0 aromatic carbocycles. The van der Waals surface area contributed by atoms with Crippen molar-refractivity contribution in [1.82, 2.24) is 18.3 Å². The van der Waals surface area contributed by atoms with Crippen molar-refractivity contribution in [3.63, 3.8) is 0 Å². The van der Waals surface area contributed by atoms with Gasteiger partial charge in [-0.1, -0.05) is 27.7 Å². The number of aryl methyl sites for hydroxylation is 2. The smallest absolute Gasteiger partial charge is 0.331 e. The third-order valence-electron chi connectivity index (χ3n) is 6.33. The lowest BCUT2D eigenvalue weighted by atomic mass is 9.89. The third kappa shape index (κ3) is 8.84. The Kier molecular flexibility index (Phi) is 11.2. The van der Waals surface area contributed by atoms with Crippen LogP contribution in [0.2, 0.25) is 0 Å². The van der Waals surface area contributed by atoms with Crippen molar-refractivity contribution < 1.29 is 14.6 Å². The van der Waals surface area contributed by atoms with E-state index in [0.29, 0.717) is 39.5 Å². The molecule has 2 aromatic rings. The summed E-state index contributed by atoms with van der Waals surface area (Å²) in [5, 5.41) is 11.0. The van der Waals surface area contributed by atoms with E-state index >= 15 is 0 Å². The van der Waals surface area contributed by atoms with Crippen molar-refractivity contribution >= 4 is 24.8 Å². The van der Waals surface area contributed by atoms with Crippen LogP contribution in [-0.4, -0.2) is 49.8 Å². The minimum atomic E-state index is -0.173. The SMILES string of the molecule is CCn1cc(O)n(CC(C)(C)CCOCCCOCCC(C)(C)Cn2c(S)cn(CC)c2=S)c1=O. The van der Waals surface area contributed by atoms with Crippen molar-refractivity contribution in [1.29, 1.82) is 0 Å². The maximum atomic E-state index is 12.3. The molecule has 0 spiro atoms. The Bertz CT molecular complexity index is 967. The number of hydrogen-bond donors (Lipinski definition) is 2. The average molecular weight is 529 g/mol. The van der Waals surface area contributed by atoms with Crippen LogP contribution in [0.5, 0.6) is 5.88 Å². The average Bonchev–Trinajstić information content (AvgIpc) is 3.21. The summed E-state index contributed by atoms with van der Waals surface area (Å²) >= 11 is 10.1. The largest absolute Gasteiger partial charge is 0.493 e. The van der Waals surface area contributed by atoms with Crippen molar-refractivity contribution in [3.05, 3.63) is 27.6 Å². The number of ether oxygens (including phenoxy) is 2. The molecule has 0 saturated carbocycles. The summed E-state index contributed by atoms with van der Waals surface area (Å²) in [7, 11) is 0. The first kappa shape index (κ1) is 29.7. The molecule has 1 N–H and O–H groups in total. The summed E-state index contributed by atoms with van der Waals surface area (Å²) in [6, 6.07) is 0. The van der Waals surface area contributed by atoms with E-state index in [9.17, 15) is 9.90 Å². The van der Waals surface area contributed by atoms with Crippen LogP contribution < -0.4 is 5.69 Å². The van der Waals surface area contributed by atoms with Gasteiger partial charge in [0.05, 0.1) is 11.2 Å². The zero-order valence-electron chi connectivity index (χ0n) is 22.2. The molecule has 0 amide bonds. The van der Waals surface area contributed by atoms with Crippen LogP contribution in [0.25, 0.3) is 0 Å². The molecular weight excluding hydrogens is 484 g/mol. The minimum Gasteiger partial charge on any atom is -0.493 e. The van der Waals surface area contributed by atoms with Crippen LogP contribution in [0, 0.1) is 15.6 Å². The Balaban J connectivity index is 1.62. The maximum Gasteiger partial charge on any atom is 0.331 e. The summed E-state index contributed by atoms with van der Waals surface area (Å²) in [6.07, 6.45) is 6.05. The van der Waals surface area contributed by atoms with Gasteiger partial charge in [0, 0.05) is 58.8 Å². The summed E-state index contributed by atoms with van der Waals surface area (Å²) in [5.74, 6) is 0.0137. The zero-order valence-corrected chi connectivity index (χ0v) is 24.0. The molecule has 0 aliphatic heterocycles. The van der Waals surface area contributed by atoms with Crippen LogP contribution >= 0.6 is 24.8 Å². The molecule has 8 nitrogen and oxygen atoms in total. The number of imidazole rings is 2. The van der Waals surface area contributed by atoms with E-state index in [1.807, 2.05) is 17.7 Å². The molecule has 0 saturated heterocycles. The van der Waals surface area contributed by atoms with Crippen molar-refractivity contribution in [3.8, 4) is 5.88 Å². The van der Waals surface area contributed by atoms with Gasteiger partial charge in [0.15, 0.2) is 4.77 Å². The molecule has 2 aromatic heterocycles. The molecule has 2 heterocycles. The van der Waals surface area contributed by atoms with Crippen molar-refractivity contribution in [2.45, 2.75) is 92.0 Å². The molecule has 0 fully saturated rings. The second-order valence-corrected chi connectivity index (χ2v) is 11.5. The van der Waals surface area contributed by atoms with Gasteiger partial charge in [-0.2, -0.15) is 0 Å². The maximum absolute atomic E-state index is 12.3. The highest BCUT2D eigenvalue weighted by Crippen LogP contribution is 2.26. The Hall–Kier alpha value is -1.49. The highest BCUT2D eigenvalue weighted by molar-refractivity contribution is 7.80. The van der Waals surface area contributed by atoms with Gasteiger partial charge in [-0.15, -0.1) is 12.6 Å². The Morgan fingerprint density at radius 1 is 0.886 bits per heavy atom. The normalized spacial score (nSPS) is 12.5. The molecule has 2 rings (SSSR count). The quantitative estimate of drug-likeness (QED) is 0.183. The fraction of sp³-hybridized carbons (Fsp3) is 0.760. The predicted molar refractivity (Wildman–Crippen MR) is 145 cm³/mol. The Morgan fingerprint density at radius 3 is 1.86 bits per heavy atom. The second-order valence-electron chi connectivity index (χ2n) is 10.7. The van der Waals surface area contributed by atoms with Gasteiger partial charge in [0.2, 0.25) is 5.88 Å². The topological polar surface area (TPSA) is 75.5 Å². The molecule has 0 aliphatic carbocycles. The van der Waals surface area contributed by atoms with Gasteiger partial charge >= 0.3 is 5.69 Å². The van der Waals surface area contributed by atoms with Crippen LogP contribution in [0.4, 0.5) is 0 Å². The van der Waals surface area contributed by atoms with E-state index in [1.165, 1.54) is 15.3 Å².